The van der Waals surface area contributed by atoms with Crippen LogP contribution in [-0.2, 0) is 6.42 Å². The van der Waals surface area contributed by atoms with E-state index in [2.05, 4.69) is 34.4 Å². The van der Waals surface area contributed by atoms with Gasteiger partial charge in [0.2, 0.25) is 0 Å². The number of likely N-dealkylation sites (N-methyl/N-ethyl adjacent to an activating group) is 1. The van der Waals surface area contributed by atoms with Crippen molar-refractivity contribution in [3.05, 3.63) is 82.4 Å². The third kappa shape index (κ3) is 4.01. The molecule has 1 aromatic heterocycles. The van der Waals surface area contributed by atoms with Gasteiger partial charge in [0.05, 0.1) is 28.5 Å². The Morgan fingerprint density at radius 2 is 2.03 bits per heavy atom. The Morgan fingerprint density at radius 1 is 1.27 bits per heavy atom. The largest absolute Gasteiger partial charge is 0.478 e. The van der Waals surface area contributed by atoms with Gasteiger partial charge >= 0.3 is 5.97 Å². The van der Waals surface area contributed by atoms with Gasteiger partial charge in [-0.05, 0) is 53.9 Å². The van der Waals surface area contributed by atoms with Crippen molar-refractivity contribution in [1.82, 2.24) is 9.88 Å². The molecule has 30 heavy (non-hydrogen) atoms. The van der Waals surface area contributed by atoms with Gasteiger partial charge in [-0.2, -0.15) is 0 Å². The minimum atomic E-state index is -0.989. The van der Waals surface area contributed by atoms with Gasteiger partial charge in [-0.15, -0.1) is 0 Å². The highest BCUT2D eigenvalue weighted by molar-refractivity contribution is 6.30. The van der Waals surface area contributed by atoms with Gasteiger partial charge in [0.15, 0.2) is 0 Å². The molecule has 154 valence electrons. The predicted molar refractivity (Wildman–Crippen MR) is 116 cm³/mol. The van der Waals surface area contributed by atoms with Gasteiger partial charge in [-0.1, -0.05) is 35.9 Å². The van der Waals surface area contributed by atoms with Crippen LogP contribution in [0, 0.1) is 5.82 Å². The molecule has 5 nitrogen and oxygen atoms in total. The van der Waals surface area contributed by atoms with E-state index in [-0.39, 0.29) is 16.6 Å². The SMILES string of the molecule is CN1CCc2cc(-c3ccc(Cl)c(F)c3)ccc2[C@H]1CNc1cnccc1C(=O)O. The summed E-state index contributed by atoms with van der Waals surface area (Å²) in [6.45, 7) is 1.42. The molecule has 1 atom stereocenters. The number of hydrogen-bond acceptors (Lipinski definition) is 4. The molecule has 2 aromatic carbocycles. The number of pyridine rings is 1. The number of benzene rings is 2. The summed E-state index contributed by atoms with van der Waals surface area (Å²) in [5.74, 6) is -1.42. The summed E-state index contributed by atoms with van der Waals surface area (Å²) in [6, 6.07) is 12.6. The topological polar surface area (TPSA) is 65.5 Å². The summed E-state index contributed by atoms with van der Waals surface area (Å²) in [7, 11) is 2.05. The smallest absolute Gasteiger partial charge is 0.337 e. The molecule has 1 aliphatic rings. The molecular formula is C23H21ClFN3O2. The van der Waals surface area contributed by atoms with Crippen LogP contribution >= 0.6 is 11.6 Å². The Hall–Kier alpha value is -2.96. The quantitative estimate of drug-likeness (QED) is 0.609. The fourth-order valence-corrected chi connectivity index (χ4v) is 4.00. The van der Waals surface area contributed by atoms with Crippen molar-refractivity contribution in [2.24, 2.45) is 0 Å². The Labute approximate surface area is 179 Å². The average Bonchev–Trinajstić information content (AvgIpc) is 2.75. The van der Waals surface area contributed by atoms with E-state index in [1.807, 2.05) is 12.1 Å². The van der Waals surface area contributed by atoms with E-state index in [1.165, 1.54) is 35.7 Å². The van der Waals surface area contributed by atoms with Crippen LogP contribution in [0.2, 0.25) is 5.02 Å². The van der Waals surface area contributed by atoms with Crippen molar-refractivity contribution in [2.75, 3.05) is 25.5 Å². The molecule has 1 aliphatic heterocycles. The summed E-state index contributed by atoms with van der Waals surface area (Å²) in [5, 5.41) is 12.7. The number of carboxylic acids is 1. The van der Waals surface area contributed by atoms with E-state index in [4.69, 9.17) is 11.6 Å². The van der Waals surface area contributed by atoms with E-state index >= 15 is 0 Å². The molecule has 0 saturated heterocycles. The van der Waals surface area contributed by atoms with Gasteiger partial charge in [-0.25, -0.2) is 9.18 Å². The molecule has 0 unspecified atom stereocenters. The zero-order valence-corrected chi connectivity index (χ0v) is 17.2. The van der Waals surface area contributed by atoms with Gasteiger partial charge in [0.1, 0.15) is 5.82 Å². The highest BCUT2D eigenvalue weighted by atomic mass is 35.5. The first-order chi connectivity index (χ1) is 14.4. The minimum absolute atomic E-state index is 0.0756. The first-order valence-corrected chi connectivity index (χ1v) is 10.0. The fourth-order valence-electron chi connectivity index (χ4n) is 3.89. The van der Waals surface area contributed by atoms with E-state index in [0.29, 0.717) is 12.2 Å². The molecule has 2 N–H and O–H groups in total. The van der Waals surface area contributed by atoms with Gasteiger partial charge in [0.25, 0.3) is 0 Å². The zero-order valence-electron chi connectivity index (χ0n) is 16.4. The van der Waals surface area contributed by atoms with E-state index < -0.39 is 11.8 Å². The Bertz CT molecular complexity index is 1110. The predicted octanol–water partition coefficient (Wildman–Crippen LogP) is 4.88. The van der Waals surface area contributed by atoms with Crippen LogP contribution in [0.5, 0.6) is 0 Å². The number of fused-ring (bicyclic) bond motifs is 1. The maximum Gasteiger partial charge on any atom is 0.337 e. The van der Waals surface area contributed by atoms with Crippen molar-refractivity contribution in [1.29, 1.82) is 0 Å². The molecule has 0 fully saturated rings. The normalized spacial score (nSPS) is 16.2. The number of carboxylic acid groups (broad SMARTS) is 1. The zero-order chi connectivity index (χ0) is 21.3. The second-order valence-electron chi connectivity index (χ2n) is 7.40. The van der Waals surface area contributed by atoms with Crippen LogP contribution in [0.25, 0.3) is 11.1 Å². The maximum atomic E-state index is 13.9. The van der Waals surface area contributed by atoms with Crippen LogP contribution in [0.4, 0.5) is 10.1 Å². The van der Waals surface area contributed by atoms with Gasteiger partial charge in [0, 0.05) is 19.3 Å². The molecule has 0 radical (unpaired) electrons. The number of aromatic carboxylic acids is 1. The van der Waals surface area contributed by atoms with Crippen molar-refractivity contribution in [2.45, 2.75) is 12.5 Å². The van der Waals surface area contributed by atoms with Gasteiger partial charge in [-0.3, -0.25) is 9.88 Å². The van der Waals surface area contributed by atoms with Crippen LogP contribution in [0.15, 0.2) is 54.9 Å². The van der Waals surface area contributed by atoms with Crippen LogP contribution in [-0.4, -0.2) is 41.1 Å². The summed E-state index contributed by atoms with van der Waals surface area (Å²) in [4.78, 5) is 17.7. The summed E-state index contributed by atoms with van der Waals surface area (Å²) in [5.41, 5.74) is 4.81. The Morgan fingerprint density at radius 3 is 2.80 bits per heavy atom. The second-order valence-corrected chi connectivity index (χ2v) is 7.80. The number of hydrogen-bond donors (Lipinski definition) is 2. The molecule has 0 spiro atoms. The minimum Gasteiger partial charge on any atom is -0.478 e. The lowest BCUT2D eigenvalue weighted by atomic mass is 9.89. The number of anilines is 1. The molecule has 0 saturated carbocycles. The van der Waals surface area contributed by atoms with Crippen LogP contribution in [0.1, 0.15) is 27.5 Å². The lowest BCUT2D eigenvalue weighted by Crippen LogP contribution is -2.36. The number of nitrogens with zero attached hydrogens (tertiary/aromatic N) is 2. The third-order valence-electron chi connectivity index (χ3n) is 5.56. The number of nitrogens with one attached hydrogen (secondary N) is 1. The summed E-state index contributed by atoms with van der Waals surface area (Å²) in [6.07, 6.45) is 3.89. The number of carbonyl (C=O) groups is 1. The first kappa shape index (κ1) is 20.3. The van der Waals surface area contributed by atoms with Crippen molar-refractivity contribution in [3.8, 4) is 11.1 Å². The average molecular weight is 426 g/mol. The summed E-state index contributed by atoms with van der Waals surface area (Å²) >= 11 is 5.81. The second kappa shape index (κ2) is 8.42. The lowest BCUT2D eigenvalue weighted by Gasteiger charge is -2.35. The van der Waals surface area contributed by atoms with E-state index in [1.54, 1.807) is 6.07 Å². The van der Waals surface area contributed by atoms with E-state index in [9.17, 15) is 14.3 Å². The Kier molecular flexibility index (Phi) is 5.70. The Balaban J connectivity index is 1.60. The molecule has 0 amide bonds. The van der Waals surface area contributed by atoms with Gasteiger partial charge < -0.3 is 10.4 Å². The van der Waals surface area contributed by atoms with E-state index in [0.717, 1.165) is 24.1 Å². The molecule has 3 aromatic rings. The standard InChI is InChI=1S/C23H21ClFN3O2/c1-28-9-7-16-10-14(15-3-5-19(24)20(25)11-15)2-4-17(16)22(28)13-27-21-12-26-8-6-18(21)23(29)30/h2-6,8,10-12,22,27H,7,9,13H2,1H3,(H,29,30)/t22-/m1/s1. The molecular weight excluding hydrogens is 405 g/mol. The van der Waals surface area contributed by atoms with Crippen LogP contribution in [0.3, 0.4) is 0 Å². The summed E-state index contributed by atoms with van der Waals surface area (Å²) < 4.78 is 13.9. The van der Waals surface area contributed by atoms with Crippen molar-refractivity contribution in [3.63, 3.8) is 0 Å². The van der Waals surface area contributed by atoms with Crippen molar-refractivity contribution >= 4 is 23.3 Å². The number of halogens is 2. The molecule has 0 aliphatic carbocycles. The number of aromatic nitrogens is 1. The highest BCUT2D eigenvalue weighted by Crippen LogP contribution is 2.33. The fraction of sp³-hybridized carbons (Fsp3) is 0.217. The highest BCUT2D eigenvalue weighted by Gasteiger charge is 2.25. The first-order valence-electron chi connectivity index (χ1n) is 9.63. The number of rotatable bonds is 5. The molecule has 0 bridgehead atoms. The lowest BCUT2D eigenvalue weighted by molar-refractivity contribution is 0.0697. The third-order valence-corrected chi connectivity index (χ3v) is 5.86. The van der Waals surface area contributed by atoms with Crippen LogP contribution < -0.4 is 5.32 Å². The van der Waals surface area contributed by atoms with Crippen molar-refractivity contribution < 1.29 is 14.3 Å². The molecule has 4 rings (SSSR count). The molecule has 2 heterocycles. The monoisotopic (exact) mass is 425 g/mol. The maximum absolute atomic E-state index is 13.9. The molecule has 7 heteroatoms.